The number of amides is 2. The summed E-state index contributed by atoms with van der Waals surface area (Å²) in [7, 11) is 3.38. The molecule has 1 aromatic carbocycles. The second-order valence-corrected chi connectivity index (χ2v) is 6.86. The number of rotatable bonds is 6. The van der Waals surface area contributed by atoms with E-state index in [4.69, 9.17) is 4.74 Å². The predicted molar refractivity (Wildman–Crippen MR) is 90.9 cm³/mol. The summed E-state index contributed by atoms with van der Waals surface area (Å²) in [4.78, 5) is 24.8. The first-order valence-corrected chi connectivity index (χ1v) is 7.67. The van der Waals surface area contributed by atoms with Crippen LogP contribution < -0.4 is 20.3 Å². The number of carbonyl (C=O) groups is 2. The minimum atomic E-state index is -0.269. The molecule has 0 fully saturated rings. The molecule has 0 aliphatic rings. The van der Waals surface area contributed by atoms with Crippen LogP contribution in [0.25, 0.3) is 0 Å². The van der Waals surface area contributed by atoms with Gasteiger partial charge in [0, 0.05) is 5.54 Å². The highest BCUT2D eigenvalue weighted by atomic mass is 16.5. The molecule has 0 saturated heterocycles. The summed E-state index contributed by atoms with van der Waals surface area (Å²) in [6.45, 7) is 8.18. The minimum absolute atomic E-state index is 0.0732. The van der Waals surface area contributed by atoms with Gasteiger partial charge in [0.05, 0.1) is 19.8 Å². The zero-order valence-corrected chi connectivity index (χ0v) is 14.9. The minimum Gasteiger partial charge on any atom is -0.495 e. The number of carbonyl (C=O) groups excluding carboxylic acids is 2. The summed E-state index contributed by atoms with van der Waals surface area (Å²) in [5, 5.41) is 5.73. The van der Waals surface area contributed by atoms with Gasteiger partial charge < -0.3 is 20.3 Å². The molecule has 1 unspecified atom stereocenters. The molecule has 0 spiro atoms. The highest BCUT2D eigenvalue weighted by molar-refractivity contribution is 5.93. The van der Waals surface area contributed by atoms with E-state index >= 15 is 0 Å². The number of benzene rings is 1. The maximum absolute atomic E-state index is 12.1. The van der Waals surface area contributed by atoms with E-state index in [1.54, 1.807) is 7.11 Å². The molecule has 0 aliphatic carbocycles. The number of hydrogen-bond donors (Lipinski definition) is 3. The summed E-state index contributed by atoms with van der Waals surface area (Å²) in [6, 6.07) is 5.60. The molecular weight excluding hydrogens is 294 g/mol. The van der Waals surface area contributed by atoms with Crippen molar-refractivity contribution in [3.05, 3.63) is 23.8 Å². The van der Waals surface area contributed by atoms with E-state index in [1.165, 1.54) is 0 Å². The van der Waals surface area contributed by atoms with E-state index in [9.17, 15) is 9.59 Å². The van der Waals surface area contributed by atoms with Crippen LogP contribution in [0.1, 0.15) is 26.3 Å². The van der Waals surface area contributed by atoms with E-state index in [-0.39, 0.29) is 30.4 Å². The van der Waals surface area contributed by atoms with Gasteiger partial charge in [-0.1, -0.05) is 6.07 Å². The maximum atomic E-state index is 12.1. The Balaban J connectivity index is 2.56. The van der Waals surface area contributed by atoms with Gasteiger partial charge in [-0.25, -0.2) is 0 Å². The normalized spacial score (nSPS) is 12.4. The second kappa shape index (κ2) is 7.97. The number of quaternary nitrogens is 1. The lowest BCUT2D eigenvalue weighted by atomic mass is 10.1. The van der Waals surface area contributed by atoms with Crippen molar-refractivity contribution in [2.75, 3.05) is 32.6 Å². The van der Waals surface area contributed by atoms with Crippen molar-refractivity contribution < 1.29 is 19.2 Å². The van der Waals surface area contributed by atoms with Crippen molar-refractivity contribution in [1.29, 1.82) is 0 Å². The van der Waals surface area contributed by atoms with E-state index in [2.05, 4.69) is 10.6 Å². The first-order chi connectivity index (χ1) is 10.6. The number of nitrogens with one attached hydrogen (secondary N) is 3. The molecule has 0 bridgehead atoms. The molecule has 23 heavy (non-hydrogen) atoms. The van der Waals surface area contributed by atoms with Gasteiger partial charge in [0.15, 0.2) is 13.1 Å². The summed E-state index contributed by atoms with van der Waals surface area (Å²) >= 11 is 0. The topological polar surface area (TPSA) is 71.9 Å². The van der Waals surface area contributed by atoms with Gasteiger partial charge in [-0.15, -0.1) is 0 Å². The van der Waals surface area contributed by atoms with Crippen molar-refractivity contribution in [2.45, 2.75) is 33.2 Å². The van der Waals surface area contributed by atoms with Crippen LogP contribution in [-0.2, 0) is 9.59 Å². The number of anilines is 1. The van der Waals surface area contributed by atoms with Crippen molar-refractivity contribution in [3.63, 3.8) is 0 Å². The third-order valence-corrected chi connectivity index (χ3v) is 3.07. The highest BCUT2D eigenvalue weighted by Crippen LogP contribution is 2.24. The standard InChI is InChI=1S/C17H27N3O3/c1-12-7-8-14(23-6)13(9-12)18-15(21)10-20(5)11-16(22)19-17(2,3)4/h7-9H,10-11H2,1-6H3,(H,18,21)(H,19,22)/p+1. The zero-order chi connectivity index (χ0) is 17.6. The van der Waals surface area contributed by atoms with Gasteiger partial charge in [0.25, 0.3) is 11.8 Å². The zero-order valence-electron chi connectivity index (χ0n) is 14.9. The molecule has 0 saturated carbocycles. The van der Waals surface area contributed by atoms with Crippen LogP contribution in [0.3, 0.4) is 0 Å². The van der Waals surface area contributed by atoms with E-state index in [0.717, 1.165) is 10.5 Å². The number of ether oxygens (including phenoxy) is 1. The summed E-state index contributed by atoms with van der Waals surface area (Å²) in [6.07, 6.45) is 0. The molecule has 128 valence electrons. The van der Waals surface area contributed by atoms with Gasteiger partial charge in [-0.2, -0.15) is 0 Å². The molecular formula is C17H28N3O3+. The summed E-state index contributed by atoms with van der Waals surface area (Å²) in [5.41, 5.74) is 1.41. The highest BCUT2D eigenvalue weighted by Gasteiger charge is 2.19. The Morgan fingerprint density at radius 1 is 1.17 bits per heavy atom. The molecule has 6 nitrogen and oxygen atoms in total. The Morgan fingerprint density at radius 3 is 2.35 bits per heavy atom. The van der Waals surface area contributed by atoms with Crippen molar-refractivity contribution in [1.82, 2.24) is 5.32 Å². The van der Waals surface area contributed by atoms with Gasteiger partial charge in [-0.3, -0.25) is 9.59 Å². The Hall–Kier alpha value is -2.08. The first kappa shape index (κ1) is 19.0. The Morgan fingerprint density at radius 2 is 1.78 bits per heavy atom. The van der Waals surface area contributed by atoms with Crippen LogP contribution in [0, 0.1) is 6.92 Å². The molecule has 2 amide bonds. The fourth-order valence-corrected chi connectivity index (χ4v) is 2.19. The fraction of sp³-hybridized carbons (Fsp3) is 0.529. The monoisotopic (exact) mass is 322 g/mol. The average Bonchev–Trinajstić information content (AvgIpc) is 2.35. The van der Waals surface area contributed by atoms with Crippen LogP contribution in [0.4, 0.5) is 5.69 Å². The lowest BCUT2D eigenvalue weighted by Crippen LogP contribution is -3.11. The summed E-state index contributed by atoms with van der Waals surface area (Å²) in [5.74, 6) is 0.387. The molecule has 0 aromatic heterocycles. The number of aryl methyl sites for hydroxylation is 1. The average molecular weight is 322 g/mol. The van der Waals surface area contributed by atoms with Crippen LogP contribution >= 0.6 is 0 Å². The SMILES string of the molecule is COc1ccc(C)cc1NC(=O)C[NH+](C)CC(=O)NC(C)(C)C. The van der Waals surface area contributed by atoms with Gasteiger partial charge in [-0.05, 0) is 45.4 Å². The molecule has 0 aliphatic heterocycles. The lowest BCUT2D eigenvalue weighted by Gasteiger charge is -2.21. The van der Waals surface area contributed by atoms with Crippen molar-refractivity contribution in [3.8, 4) is 5.75 Å². The third-order valence-electron chi connectivity index (χ3n) is 3.07. The van der Waals surface area contributed by atoms with E-state index in [1.807, 2.05) is 52.9 Å². The molecule has 6 heteroatoms. The lowest BCUT2D eigenvalue weighted by molar-refractivity contribution is -0.862. The third kappa shape index (κ3) is 7.15. The number of methoxy groups -OCH3 is 1. The van der Waals surface area contributed by atoms with Crippen molar-refractivity contribution >= 4 is 17.5 Å². The quantitative estimate of drug-likeness (QED) is 0.709. The van der Waals surface area contributed by atoms with Gasteiger partial charge in [0.1, 0.15) is 5.75 Å². The second-order valence-electron chi connectivity index (χ2n) is 6.86. The Labute approximate surface area is 138 Å². The van der Waals surface area contributed by atoms with Crippen LogP contribution in [0.2, 0.25) is 0 Å². The fourth-order valence-electron chi connectivity index (χ4n) is 2.19. The Bertz CT molecular complexity index is 565. The Kier molecular flexibility index (Phi) is 6.57. The molecule has 3 N–H and O–H groups in total. The first-order valence-electron chi connectivity index (χ1n) is 7.67. The molecule has 1 rings (SSSR count). The summed E-state index contributed by atoms with van der Waals surface area (Å²) < 4.78 is 5.24. The van der Waals surface area contributed by atoms with E-state index < -0.39 is 0 Å². The van der Waals surface area contributed by atoms with E-state index in [0.29, 0.717) is 11.4 Å². The smallest absolute Gasteiger partial charge is 0.279 e. The molecule has 0 radical (unpaired) electrons. The van der Waals surface area contributed by atoms with Crippen LogP contribution in [0.5, 0.6) is 5.75 Å². The molecule has 0 heterocycles. The predicted octanol–water partition coefficient (Wildman–Crippen LogP) is 0.372. The number of likely N-dealkylation sites (N-methyl/N-ethyl adjacent to an activating group) is 1. The largest absolute Gasteiger partial charge is 0.495 e. The van der Waals surface area contributed by atoms with Crippen LogP contribution in [0.15, 0.2) is 18.2 Å². The van der Waals surface area contributed by atoms with Gasteiger partial charge in [0.2, 0.25) is 0 Å². The van der Waals surface area contributed by atoms with Crippen LogP contribution in [-0.4, -0.2) is 44.6 Å². The van der Waals surface area contributed by atoms with Crippen molar-refractivity contribution in [2.24, 2.45) is 0 Å². The maximum Gasteiger partial charge on any atom is 0.279 e. The molecule has 1 atom stereocenters. The number of hydrogen-bond acceptors (Lipinski definition) is 3. The molecule has 1 aromatic rings. The van der Waals surface area contributed by atoms with Gasteiger partial charge >= 0.3 is 0 Å².